The Labute approximate surface area is 158 Å². The van der Waals surface area contributed by atoms with Gasteiger partial charge in [-0.1, -0.05) is 44.7 Å². The zero-order valence-electron chi connectivity index (χ0n) is 15.7. The monoisotopic (exact) mass is 371 g/mol. The van der Waals surface area contributed by atoms with Crippen molar-refractivity contribution in [1.29, 1.82) is 0 Å². The van der Waals surface area contributed by atoms with E-state index in [0.717, 1.165) is 22.1 Å². The molecule has 0 saturated heterocycles. The Morgan fingerprint density at radius 2 is 2.04 bits per heavy atom. The Morgan fingerprint density at radius 1 is 1.35 bits per heavy atom. The van der Waals surface area contributed by atoms with Crippen molar-refractivity contribution in [3.63, 3.8) is 0 Å². The van der Waals surface area contributed by atoms with Crippen LogP contribution in [0.15, 0.2) is 34.2 Å². The minimum Gasteiger partial charge on any atom is -0.326 e. The summed E-state index contributed by atoms with van der Waals surface area (Å²) in [5.41, 5.74) is 3.55. The van der Waals surface area contributed by atoms with E-state index in [9.17, 15) is 9.59 Å². The molecule has 0 spiro atoms. The van der Waals surface area contributed by atoms with Gasteiger partial charge in [-0.3, -0.25) is 14.2 Å². The zero-order chi connectivity index (χ0) is 18.8. The van der Waals surface area contributed by atoms with Gasteiger partial charge in [-0.15, -0.1) is 0 Å². The lowest BCUT2D eigenvalue weighted by molar-refractivity contribution is -0.119. The molecule has 26 heavy (non-hydrogen) atoms. The van der Waals surface area contributed by atoms with E-state index in [1.54, 1.807) is 4.57 Å². The number of thioether (sulfide) groups is 1. The number of amides is 1. The fourth-order valence-electron chi connectivity index (χ4n) is 3.16. The highest BCUT2D eigenvalue weighted by Gasteiger charge is 2.28. The molecule has 0 bridgehead atoms. The summed E-state index contributed by atoms with van der Waals surface area (Å²) in [6.07, 6.45) is 0.654. The van der Waals surface area contributed by atoms with Crippen LogP contribution in [0.25, 0.3) is 0 Å². The lowest BCUT2D eigenvalue weighted by Crippen LogP contribution is -2.38. The number of aromatic nitrogens is 2. The molecule has 1 aromatic carbocycles. The van der Waals surface area contributed by atoms with Crippen LogP contribution in [-0.4, -0.2) is 21.2 Å². The molecule has 0 saturated carbocycles. The van der Waals surface area contributed by atoms with E-state index in [4.69, 9.17) is 0 Å². The average molecular weight is 372 g/mol. The Morgan fingerprint density at radius 3 is 2.65 bits per heavy atom. The van der Waals surface area contributed by atoms with Crippen molar-refractivity contribution < 1.29 is 4.79 Å². The Bertz CT molecular complexity index is 872. The second-order valence-corrected chi connectivity index (χ2v) is 7.99. The van der Waals surface area contributed by atoms with E-state index in [2.05, 4.69) is 24.1 Å². The number of carbonyl (C=O) groups excluding carboxylic acids is 1. The van der Waals surface area contributed by atoms with Crippen molar-refractivity contribution in [3.8, 4) is 0 Å². The van der Waals surface area contributed by atoms with Crippen molar-refractivity contribution in [1.82, 2.24) is 9.55 Å². The van der Waals surface area contributed by atoms with E-state index in [-0.39, 0.29) is 17.4 Å². The minimum absolute atomic E-state index is 0.0127. The van der Waals surface area contributed by atoms with Gasteiger partial charge in [0.2, 0.25) is 5.91 Å². The highest BCUT2D eigenvalue weighted by molar-refractivity contribution is 7.99. The molecule has 2 aromatic rings. The lowest BCUT2D eigenvalue weighted by Gasteiger charge is -2.25. The van der Waals surface area contributed by atoms with Crippen molar-refractivity contribution in [3.05, 3.63) is 51.4 Å². The van der Waals surface area contributed by atoms with Crippen LogP contribution in [0.3, 0.4) is 0 Å². The summed E-state index contributed by atoms with van der Waals surface area (Å²) in [5, 5.41) is 3.70. The molecule has 1 N–H and O–H groups in total. The average Bonchev–Trinajstić information content (AvgIpc) is 2.62. The molecule has 0 aliphatic carbocycles. The van der Waals surface area contributed by atoms with Crippen LogP contribution in [0, 0.1) is 12.8 Å². The smallest absolute Gasteiger partial charge is 0.257 e. The lowest BCUT2D eigenvalue weighted by atomic mass is 10.0. The summed E-state index contributed by atoms with van der Waals surface area (Å²) in [6, 6.07) is 7.94. The molecule has 1 amide bonds. The van der Waals surface area contributed by atoms with Gasteiger partial charge in [-0.05, 0) is 37.0 Å². The van der Waals surface area contributed by atoms with Crippen LogP contribution < -0.4 is 10.9 Å². The van der Waals surface area contributed by atoms with Crippen LogP contribution in [0.5, 0.6) is 0 Å². The van der Waals surface area contributed by atoms with Crippen molar-refractivity contribution in [2.45, 2.75) is 51.7 Å². The SMILES string of the molecule is CCc1c(C)nc2n(c1=O)CC(C(=O)Nc1ccc(C(C)C)cc1)CS2. The van der Waals surface area contributed by atoms with Gasteiger partial charge in [0.05, 0.1) is 5.92 Å². The molecule has 1 aromatic heterocycles. The Hall–Kier alpha value is -2.08. The maximum atomic E-state index is 12.7. The molecule has 3 rings (SSSR count). The van der Waals surface area contributed by atoms with Gasteiger partial charge < -0.3 is 5.32 Å². The predicted octanol–water partition coefficient (Wildman–Crippen LogP) is 3.60. The molecule has 1 atom stereocenters. The number of anilines is 1. The topological polar surface area (TPSA) is 64.0 Å². The summed E-state index contributed by atoms with van der Waals surface area (Å²) in [7, 11) is 0. The molecule has 1 unspecified atom stereocenters. The first kappa shape index (κ1) is 18.7. The quantitative estimate of drug-likeness (QED) is 0.834. The van der Waals surface area contributed by atoms with Gasteiger partial charge in [-0.25, -0.2) is 4.98 Å². The summed E-state index contributed by atoms with van der Waals surface area (Å²) in [5.74, 6) is 0.796. The van der Waals surface area contributed by atoms with Gasteiger partial charge in [0.15, 0.2) is 5.16 Å². The molecule has 138 valence electrons. The van der Waals surface area contributed by atoms with Gasteiger partial charge in [0, 0.05) is 29.2 Å². The second kappa shape index (κ2) is 7.66. The van der Waals surface area contributed by atoms with E-state index in [0.29, 0.717) is 24.6 Å². The molecule has 5 nitrogen and oxygen atoms in total. The Balaban J connectivity index is 1.76. The normalized spacial score (nSPS) is 16.4. The summed E-state index contributed by atoms with van der Waals surface area (Å²) >= 11 is 1.48. The molecule has 1 aliphatic heterocycles. The number of hydrogen-bond acceptors (Lipinski definition) is 4. The maximum absolute atomic E-state index is 12.7. The summed E-state index contributed by atoms with van der Waals surface area (Å²) in [6.45, 7) is 8.50. The third-order valence-electron chi connectivity index (χ3n) is 4.82. The van der Waals surface area contributed by atoms with E-state index in [1.807, 2.05) is 38.1 Å². The molecule has 1 aliphatic rings. The van der Waals surface area contributed by atoms with Crippen molar-refractivity contribution >= 4 is 23.4 Å². The second-order valence-electron chi connectivity index (χ2n) is 7.00. The van der Waals surface area contributed by atoms with Crippen LogP contribution in [0.4, 0.5) is 5.69 Å². The molecule has 6 heteroatoms. The fourth-order valence-corrected chi connectivity index (χ4v) is 4.28. The number of nitrogens with one attached hydrogen (secondary N) is 1. The maximum Gasteiger partial charge on any atom is 0.257 e. The number of carbonyl (C=O) groups is 1. The van der Waals surface area contributed by atoms with Crippen molar-refractivity contribution in [2.75, 3.05) is 11.1 Å². The number of hydrogen-bond donors (Lipinski definition) is 1. The highest BCUT2D eigenvalue weighted by atomic mass is 32.2. The van der Waals surface area contributed by atoms with Gasteiger partial charge in [0.25, 0.3) is 5.56 Å². The van der Waals surface area contributed by atoms with Crippen LogP contribution in [0.2, 0.25) is 0 Å². The number of benzene rings is 1. The van der Waals surface area contributed by atoms with Crippen LogP contribution in [-0.2, 0) is 17.8 Å². The number of fused-ring (bicyclic) bond motifs is 1. The fraction of sp³-hybridized carbons (Fsp3) is 0.450. The van der Waals surface area contributed by atoms with E-state index < -0.39 is 0 Å². The van der Waals surface area contributed by atoms with Gasteiger partial charge in [-0.2, -0.15) is 0 Å². The van der Waals surface area contributed by atoms with Crippen molar-refractivity contribution in [2.24, 2.45) is 5.92 Å². The highest BCUT2D eigenvalue weighted by Crippen LogP contribution is 2.27. The third kappa shape index (κ3) is 3.70. The first-order valence-corrected chi connectivity index (χ1v) is 10.0. The molecule has 2 heterocycles. The molecule has 0 fully saturated rings. The largest absolute Gasteiger partial charge is 0.326 e. The number of rotatable bonds is 4. The van der Waals surface area contributed by atoms with Gasteiger partial charge >= 0.3 is 0 Å². The minimum atomic E-state index is -0.246. The van der Waals surface area contributed by atoms with Crippen LogP contribution >= 0.6 is 11.8 Å². The first-order chi connectivity index (χ1) is 12.4. The molecule has 0 radical (unpaired) electrons. The van der Waals surface area contributed by atoms with E-state index in [1.165, 1.54) is 17.3 Å². The molecular formula is C20H25N3O2S. The standard InChI is InChI=1S/C20H25N3O2S/c1-5-17-13(4)21-20-23(19(17)25)10-15(11-26-20)18(24)22-16-8-6-14(7-9-16)12(2)3/h6-9,12,15H,5,10-11H2,1-4H3,(H,22,24). The summed E-state index contributed by atoms with van der Waals surface area (Å²) < 4.78 is 1.66. The first-order valence-electron chi connectivity index (χ1n) is 9.04. The third-order valence-corrected chi connectivity index (χ3v) is 5.96. The zero-order valence-corrected chi connectivity index (χ0v) is 16.5. The predicted molar refractivity (Wildman–Crippen MR) is 106 cm³/mol. The molecular weight excluding hydrogens is 346 g/mol. The van der Waals surface area contributed by atoms with Gasteiger partial charge in [0.1, 0.15) is 0 Å². The number of aryl methyl sites for hydroxylation is 1. The van der Waals surface area contributed by atoms with E-state index >= 15 is 0 Å². The van der Waals surface area contributed by atoms with Crippen LogP contribution in [0.1, 0.15) is 43.5 Å². The number of nitrogens with zero attached hydrogens (tertiary/aromatic N) is 2. The Kier molecular flexibility index (Phi) is 5.51. The summed E-state index contributed by atoms with van der Waals surface area (Å²) in [4.78, 5) is 29.9.